The zero-order chi connectivity index (χ0) is 11.4. The number of aliphatic hydroxyl groups excluding tert-OH is 1. The fraction of sp³-hybridized carbons (Fsp3) is 0.692. The van der Waals surface area contributed by atoms with Gasteiger partial charge in [-0.05, 0) is 56.0 Å². The molecule has 1 saturated heterocycles. The molecule has 1 fully saturated rings. The van der Waals surface area contributed by atoms with Crippen LogP contribution in [-0.2, 0) is 4.74 Å². The van der Waals surface area contributed by atoms with Crippen LogP contribution >= 0.6 is 11.3 Å². The Morgan fingerprint density at radius 3 is 3.06 bits per heavy atom. The Labute approximate surface area is 101 Å². The predicted octanol–water partition coefficient (Wildman–Crippen LogP) is 3.44. The van der Waals surface area contributed by atoms with Gasteiger partial charge in [0.15, 0.2) is 0 Å². The summed E-state index contributed by atoms with van der Waals surface area (Å²) < 4.78 is 5.67. The van der Waals surface area contributed by atoms with E-state index in [1.54, 1.807) is 11.3 Å². The third-order valence-corrected chi connectivity index (χ3v) is 4.36. The molecule has 3 heteroatoms. The van der Waals surface area contributed by atoms with Crippen LogP contribution in [0.25, 0.3) is 0 Å². The Morgan fingerprint density at radius 1 is 1.56 bits per heavy atom. The second kappa shape index (κ2) is 5.80. The molecule has 1 aromatic rings. The van der Waals surface area contributed by atoms with Crippen molar-refractivity contribution >= 4 is 11.3 Å². The Hall–Kier alpha value is -0.380. The average molecular weight is 240 g/mol. The largest absolute Gasteiger partial charge is 0.388 e. The normalized spacial score (nSPS) is 23.2. The Kier molecular flexibility index (Phi) is 4.38. The van der Waals surface area contributed by atoms with Crippen molar-refractivity contribution in [1.82, 2.24) is 0 Å². The molecule has 2 heterocycles. The van der Waals surface area contributed by atoms with Crippen molar-refractivity contribution in [1.29, 1.82) is 0 Å². The van der Waals surface area contributed by atoms with Crippen molar-refractivity contribution in [2.24, 2.45) is 0 Å². The van der Waals surface area contributed by atoms with Gasteiger partial charge < -0.3 is 9.84 Å². The first-order valence-corrected chi connectivity index (χ1v) is 6.99. The lowest BCUT2D eigenvalue weighted by Gasteiger charge is -2.23. The van der Waals surface area contributed by atoms with Crippen molar-refractivity contribution in [2.45, 2.75) is 51.2 Å². The highest BCUT2D eigenvalue weighted by molar-refractivity contribution is 7.10. The van der Waals surface area contributed by atoms with Crippen LogP contribution in [-0.4, -0.2) is 17.8 Å². The number of hydrogen-bond donors (Lipinski definition) is 1. The summed E-state index contributed by atoms with van der Waals surface area (Å²) in [6.07, 6.45) is 5.52. The lowest BCUT2D eigenvalue weighted by molar-refractivity contribution is 0.00232. The monoisotopic (exact) mass is 240 g/mol. The van der Waals surface area contributed by atoms with Crippen LogP contribution in [0.3, 0.4) is 0 Å². The fourth-order valence-electron chi connectivity index (χ4n) is 2.24. The SMILES string of the molecule is Cc1ccsc1C(O)CCC1CCCCO1. The quantitative estimate of drug-likeness (QED) is 0.873. The molecule has 2 atom stereocenters. The van der Waals surface area contributed by atoms with Crippen LogP contribution in [0.5, 0.6) is 0 Å². The molecule has 0 amide bonds. The number of ether oxygens (including phenoxy) is 1. The molecule has 0 radical (unpaired) electrons. The molecule has 0 saturated carbocycles. The second-order valence-electron chi connectivity index (χ2n) is 4.55. The summed E-state index contributed by atoms with van der Waals surface area (Å²) >= 11 is 1.65. The smallest absolute Gasteiger partial charge is 0.0885 e. The van der Waals surface area contributed by atoms with Gasteiger partial charge in [0, 0.05) is 11.5 Å². The van der Waals surface area contributed by atoms with E-state index in [0.29, 0.717) is 6.10 Å². The third kappa shape index (κ3) is 3.06. The Balaban J connectivity index is 1.79. The molecule has 2 unspecified atom stereocenters. The number of rotatable bonds is 4. The molecule has 1 aliphatic rings. The zero-order valence-corrected chi connectivity index (χ0v) is 10.6. The van der Waals surface area contributed by atoms with E-state index in [1.807, 2.05) is 5.38 Å². The van der Waals surface area contributed by atoms with E-state index >= 15 is 0 Å². The summed E-state index contributed by atoms with van der Waals surface area (Å²) in [5.74, 6) is 0. The van der Waals surface area contributed by atoms with E-state index < -0.39 is 0 Å². The van der Waals surface area contributed by atoms with Gasteiger partial charge in [-0.2, -0.15) is 0 Å². The van der Waals surface area contributed by atoms with E-state index in [9.17, 15) is 5.11 Å². The number of aryl methyl sites for hydroxylation is 1. The molecular weight excluding hydrogens is 220 g/mol. The lowest BCUT2D eigenvalue weighted by Crippen LogP contribution is -2.19. The Bertz CT molecular complexity index is 315. The van der Waals surface area contributed by atoms with Gasteiger partial charge in [-0.15, -0.1) is 11.3 Å². The summed E-state index contributed by atoms with van der Waals surface area (Å²) in [5, 5.41) is 12.1. The standard InChI is InChI=1S/C13H20O2S/c1-10-7-9-16-13(10)12(14)6-5-11-4-2-3-8-15-11/h7,9,11-12,14H,2-6,8H2,1H3. The van der Waals surface area contributed by atoms with Crippen LogP contribution in [0.4, 0.5) is 0 Å². The molecule has 0 aromatic carbocycles. The van der Waals surface area contributed by atoms with Crippen LogP contribution in [0.2, 0.25) is 0 Å². The van der Waals surface area contributed by atoms with Gasteiger partial charge >= 0.3 is 0 Å². The molecule has 1 aliphatic heterocycles. The highest BCUT2D eigenvalue weighted by Gasteiger charge is 2.17. The van der Waals surface area contributed by atoms with Gasteiger partial charge in [0.25, 0.3) is 0 Å². The summed E-state index contributed by atoms with van der Waals surface area (Å²) in [4.78, 5) is 1.12. The average Bonchev–Trinajstić information content (AvgIpc) is 2.74. The van der Waals surface area contributed by atoms with Gasteiger partial charge in [-0.25, -0.2) is 0 Å². The zero-order valence-electron chi connectivity index (χ0n) is 9.82. The van der Waals surface area contributed by atoms with E-state index in [2.05, 4.69) is 13.0 Å². The number of hydrogen-bond acceptors (Lipinski definition) is 3. The van der Waals surface area contributed by atoms with E-state index in [0.717, 1.165) is 30.7 Å². The van der Waals surface area contributed by atoms with E-state index in [1.165, 1.54) is 18.4 Å². The maximum absolute atomic E-state index is 10.1. The molecule has 2 nitrogen and oxygen atoms in total. The molecule has 0 spiro atoms. The van der Waals surface area contributed by atoms with Crippen molar-refractivity contribution in [3.63, 3.8) is 0 Å². The molecular formula is C13H20O2S. The van der Waals surface area contributed by atoms with Crippen molar-refractivity contribution in [2.75, 3.05) is 6.61 Å². The molecule has 90 valence electrons. The minimum atomic E-state index is -0.300. The minimum Gasteiger partial charge on any atom is -0.388 e. The highest BCUT2D eigenvalue weighted by Crippen LogP contribution is 2.29. The molecule has 1 N–H and O–H groups in total. The molecule has 2 rings (SSSR count). The highest BCUT2D eigenvalue weighted by atomic mass is 32.1. The van der Waals surface area contributed by atoms with Gasteiger partial charge in [0.1, 0.15) is 0 Å². The van der Waals surface area contributed by atoms with Crippen molar-refractivity contribution in [3.8, 4) is 0 Å². The van der Waals surface area contributed by atoms with E-state index in [-0.39, 0.29) is 6.10 Å². The molecule has 1 aromatic heterocycles. The number of aliphatic hydroxyl groups is 1. The maximum Gasteiger partial charge on any atom is 0.0885 e. The van der Waals surface area contributed by atoms with Crippen LogP contribution < -0.4 is 0 Å². The van der Waals surface area contributed by atoms with Gasteiger partial charge in [0.2, 0.25) is 0 Å². The fourth-order valence-corrected chi connectivity index (χ4v) is 3.18. The predicted molar refractivity (Wildman–Crippen MR) is 66.8 cm³/mol. The molecule has 0 bridgehead atoms. The van der Waals surface area contributed by atoms with Crippen molar-refractivity contribution in [3.05, 3.63) is 21.9 Å². The van der Waals surface area contributed by atoms with Gasteiger partial charge in [0.05, 0.1) is 12.2 Å². The first-order valence-electron chi connectivity index (χ1n) is 6.11. The summed E-state index contributed by atoms with van der Waals surface area (Å²) in [6, 6.07) is 2.07. The molecule has 16 heavy (non-hydrogen) atoms. The van der Waals surface area contributed by atoms with Crippen LogP contribution in [0.15, 0.2) is 11.4 Å². The maximum atomic E-state index is 10.1. The lowest BCUT2D eigenvalue weighted by atomic mass is 10.0. The summed E-state index contributed by atoms with van der Waals surface area (Å²) in [6.45, 7) is 2.96. The summed E-state index contributed by atoms with van der Waals surface area (Å²) in [5.41, 5.74) is 1.21. The van der Waals surface area contributed by atoms with Gasteiger partial charge in [-0.1, -0.05) is 0 Å². The topological polar surface area (TPSA) is 29.5 Å². The molecule has 0 aliphatic carbocycles. The van der Waals surface area contributed by atoms with E-state index in [4.69, 9.17) is 4.74 Å². The first-order chi connectivity index (χ1) is 7.77. The second-order valence-corrected chi connectivity index (χ2v) is 5.50. The third-order valence-electron chi connectivity index (χ3n) is 3.24. The van der Waals surface area contributed by atoms with Gasteiger partial charge in [-0.3, -0.25) is 0 Å². The number of thiophene rings is 1. The van der Waals surface area contributed by atoms with Crippen LogP contribution in [0.1, 0.15) is 48.6 Å². The van der Waals surface area contributed by atoms with Crippen LogP contribution in [0, 0.1) is 6.92 Å². The summed E-state index contributed by atoms with van der Waals surface area (Å²) in [7, 11) is 0. The van der Waals surface area contributed by atoms with Crippen molar-refractivity contribution < 1.29 is 9.84 Å². The minimum absolute atomic E-state index is 0.300. The first kappa shape index (κ1) is 12.1. The Morgan fingerprint density at radius 2 is 2.44 bits per heavy atom.